The molecule has 1 aromatic rings. The summed E-state index contributed by atoms with van der Waals surface area (Å²) in [7, 11) is 0.765. The van der Waals surface area contributed by atoms with Gasteiger partial charge >= 0.3 is 17.8 Å². The lowest BCUT2D eigenvalue weighted by Gasteiger charge is -2.16. The lowest BCUT2D eigenvalue weighted by Crippen LogP contribution is -2.20. The first kappa shape index (κ1) is 18.0. The van der Waals surface area contributed by atoms with Crippen molar-refractivity contribution >= 4 is 17.7 Å². The van der Waals surface area contributed by atoms with Gasteiger partial charge in [-0.3, -0.25) is 0 Å². The Labute approximate surface area is 123 Å². The quantitative estimate of drug-likeness (QED) is 0.473. The first-order valence-electron chi connectivity index (χ1n) is 5.15. The van der Waals surface area contributed by atoms with E-state index < -0.39 is 51.4 Å². The van der Waals surface area contributed by atoms with Crippen molar-refractivity contribution in [2.45, 2.75) is 16.8 Å². The van der Waals surface area contributed by atoms with Gasteiger partial charge in [0.25, 0.3) is 0 Å². The molecule has 0 bridgehead atoms. The van der Waals surface area contributed by atoms with Crippen molar-refractivity contribution in [3.05, 3.63) is 23.3 Å². The number of esters is 1. The standard InChI is InChI=1S/C11H5F6NO3S/c1-20-9(19)7-6(21-10(12,13)14)3-2-5(4-18)8(7)22-11(15,16)17/h2-3H,1H3. The molecule has 0 saturated carbocycles. The molecule has 0 aliphatic carbocycles. The molecule has 1 aromatic carbocycles. The number of thioether (sulfide) groups is 1. The number of ether oxygens (including phenoxy) is 2. The molecule has 0 N–H and O–H groups in total. The van der Waals surface area contributed by atoms with E-state index in [1.807, 2.05) is 0 Å². The minimum Gasteiger partial charge on any atom is -0.465 e. The normalized spacial score (nSPS) is 11.7. The topological polar surface area (TPSA) is 59.3 Å². The van der Waals surface area contributed by atoms with Gasteiger partial charge in [-0.25, -0.2) is 4.79 Å². The number of rotatable bonds is 3. The summed E-state index contributed by atoms with van der Waals surface area (Å²) in [6.07, 6.45) is -5.24. The fraction of sp³-hybridized carbons (Fsp3) is 0.273. The van der Waals surface area contributed by atoms with Crippen LogP contribution in [0.3, 0.4) is 0 Å². The van der Waals surface area contributed by atoms with E-state index in [9.17, 15) is 31.1 Å². The molecule has 0 aliphatic heterocycles. The van der Waals surface area contributed by atoms with Crippen LogP contribution in [0.4, 0.5) is 26.3 Å². The van der Waals surface area contributed by atoms with E-state index in [1.54, 1.807) is 0 Å². The van der Waals surface area contributed by atoms with Gasteiger partial charge in [0.15, 0.2) is 0 Å². The van der Waals surface area contributed by atoms with Gasteiger partial charge in [-0.05, 0) is 23.9 Å². The summed E-state index contributed by atoms with van der Waals surface area (Å²) in [5, 5.41) is 8.77. The third-order valence-electron chi connectivity index (χ3n) is 2.07. The zero-order chi connectivity index (χ0) is 17.1. The van der Waals surface area contributed by atoms with Gasteiger partial charge in [-0.2, -0.15) is 18.4 Å². The van der Waals surface area contributed by atoms with Gasteiger partial charge in [-0.15, -0.1) is 13.2 Å². The fourth-order valence-corrected chi connectivity index (χ4v) is 2.12. The number of benzene rings is 1. The Balaban J connectivity index is 3.58. The van der Waals surface area contributed by atoms with Crippen LogP contribution in [0.2, 0.25) is 0 Å². The van der Waals surface area contributed by atoms with E-state index in [1.165, 1.54) is 6.07 Å². The molecule has 1 rings (SSSR count). The molecule has 0 radical (unpaired) electrons. The molecule has 0 heterocycles. The van der Waals surface area contributed by atoms with Crippen LogP contribution in [0.5, 0.6) is 5.75 Å². The maximum atomic E-state index is 12.5. The van der Waals surface area contributed by atoms with Gasteiger partial charge < -0.3 is 9.47 Å². The number of alkyl halides is 6. The number of nitrogens with zero attached hydrogens (tertiary/aromatic N) is 1. The number of halogens is 6. The van der Waals surface area contributed by atoms with E-state index in [4.69, 9.17) is 5.26 Å². The first-order chi connectivity index (χ1) is 9.98. The average Bonchev–Trinajstić information content (AvgIpc) is 2.34. The predicted octanol–water partition coefficient (Wildman–Crippen LogP) is 3.86. The predicted molar refractivity (Wildman–Crippen MR) is 61.1 cm³/mol. The molecule has 0 aliphatic rings. The summed E-state index contributed by atoms with van der Waals surface area (Å²) in [5.74, 6) is -2.69. The highest BCUT2D eigenvalue weighted by atomic mass is 32.2. The van der Waals surface area contributed by atoms with Crippen LogP contribution in [0.15, 0.2) is 17.0 Å². The van der Waals surface area contributed by atoms with E-state index in [2.05, 4.69) is 9.47 Å². The van der Waals surface area contributed by atoms with Gasteiger partial charge in [0.1, 0.15) is 17.4 Å². The smallest absolute Gasteiger partial charge is 0.465 e. The molecule has 0 unspecified atom stereocenters. The second kappa shape index (κ2) is 6.35. The number of methoxy groups -OCH3 is 1. The summed E-state index contributed by atoms with van der Waals surface area (Å²) in [4.78, 5) is 10.5. The van der Waals surface area contributed by atoms with E-state index >= 15 is 0 Å². The maximum Gasteiger partial charge on any atom is 0.573 e. The van der Waals surface area contributed by atoms with Crippen molar-refractivity contribution < 1.29 is 40.6 Å². The zero-order valence-electron chi connectivity index (χ0n) is 10.5. The Hall–Kier alpha value is -2.09. The molecule has 0 atom stereocenters. The molecule has 4 nitrogen and oxygen atoms in total. The van der Waals surface area contributed by atoms with Crippen molar-refractivity contribution in [2.75, 3.05) is 7.11 Å². The molecular formula is C11H5F6NO3S. The average molecular weight is 345 g/mol. The number of carbonyl (C=O) groups is 1. The monoisotopic (exact) mass is 345 g/mol. The van der Waals surface area contributed by atoms with Gasteiger partial charge in [-0.1, -0.05) is 0 Å². The molecule has 0 saturated heterocycles. The molecule has 0 spiro atoms. The van der Waals surface area contributed by atoms with Crippen LogP contribution in [0.1, 0.15) is 15.9 Å². The zero-order valence-corrected chi connectivity index (χ0v) is 11.3. The van der Waals surface area contributed by atoms with Crippen LogP contribution in [-0.2, 0) is 4.74 Å². The van der Waals surface area contributed by atoms with E-state index in [-0.39, 0.29) is 0 Å². The largest absolute Gasteiger partial charge is 0.573 e. The first-order valence-corrected chi connectivity index (χ1v) is 5.97. The highest BCUT2D eigenvalue weighted by Gasteiger charge is 2.38. The van der Waals surface area contributed by atoms with Gasteiger partial charge in [0.2, 0.25) is 0 Å². The van der Waals surface area contributed by atoms with E-state index in [0.29, 0.717) is 12.1 Å². The van der Waals surface area contributed by atoms with Crippen molar-refractivity contribution in [3.8, 4) is 11.8 Å². The highest BCUT2D eigenvalue weighted by molar-refractivity contribution is 8.00. The summed E-state index contributed by atoms with van der Waals surface area (Å²) in [6.45, 7) is 0. The lowest BCUT2D eigenvalue weighted by atomic mass is 10.1. The van der Waals surface area contributed by atoms with Crippen molar-refractivity contribution in [1.82, 2.24) is 0 Å². The maximum absolute atomic E-state index is 12.5. The van der Waals surface area contributed by atoms with Gasteiger partial charge in [0, 0.05) is 0 Å². The number of hydrogen-bond acceptors (Lipinski definition) is 5. The Morgan fingerprint density at radius 2 is 1.82 bits per heavy atom. The Kier molecular flexibility index (Phi) is 5.18. The number of carbonyl (C=O) groups excluding carboxylic acids is 1. The third-order valence-corrected chi connectivity index (χ3v) is 2.93. The van der Waals surface area contributed by atoms with Crippen LogP contribution < -0.4 is 4.74 Å². The third kappa shape index (κ3) is 4.73. The summed E-state index contributed by atoms with van der Waals surface area (Å²) in [5.41, 5.74) is -6.70. The summed E-state index contributed by atoms with van der Waals surface area (Å²) in [6, 6.07) is 2.61. The van der Waals surface area contributed by atoms with E-state index in [0.717, 1.165) is 7.11 Å². The number of hydrogen-bond donors (Lipinski definition) is 0. The van der Waals surface area contributed by atoms with Crippen molar-refractivity contribution in [2.24, 2.45) is 0 Å². The Bertz CT molecular complexity index is 620. The number of nitriles is 1. The van der Waals surface area contributed by atoms with Crippen LogP contribution in [-0.4, -0.2) is 24.9 Å². The molecule has 0 aromatic heterocycles. The molecule has 11 heteroatoms. The SMILES string of the molecule is COC(=O)c1c(OC(F)(F)F)ccc(C#N)c1SC(F)(F)F. The van der Waals surface area contributed by atoms with Crippen LogP contribution in [0, 0.1) is 11.3 Å². The fourth-order valence-electron chi connectivity index (χ4n) is 1.38. The summed E-state index contributed by atoms with van der Waals surface area (Å²) >= 11 is -0.908. The molecule has 0 fully saturated rings. The van der Waals surface area contributed by atoms with Gasteiger partial charge in [0.05, 0.1) is 17.6 Å². The Morgan fingerprint density at radius 3 is 2.23 bits per heavy atom. The summed E-state index contributed by atoms with van der Waals surface area (Å²) < 4.78 is 82.0. The second-order valence-electron chi connectivity index (χ2n) is 3.51. The van der Waals surface area contributed by atoms with Crippen molar-refractivity contribution in [3.63, 3.8) is 0 Å². The highest BCUT2D eigenvalue weighted by Crippen LogP contribution is 2.43. The van der Waals surface area contributed by atoms with Crippen molar-refractivity contribution in [1.29, 1.82) is 5.26 Å². The Morgan fingerprint density at radius 1 is 1.23 bits per heavy atom. The molecule has 22 heavy (non-hydrogen) atoms. The lowest BCUT2D eigenvalue weighted by molar-refractivity contribution is -0.274. The minimum absolute atomic E-state index is 0.568. The van der Waals surface area contributed by atoms with Crippen LogP contribution >= 0.6 is 11.8 Å². The van der Waals surface area contributed by atoms with Crippen LogP contribution in [0.25, 0.3) is 0 Å². The molecule has 120 valence electrons. The second-order valence-corrected chi connectivity index (χ2v) is 4.59. The minimum atomic E-state index is -5.24. The molecule has 0 amide bonds. The molecular weight excluding hydrogens is 340 g/mol.